The lowest BCUT2D eigenvalue weighted by atomic mass is 9.96. The molecular formula is C10H15F2NO. The van der Waals surface area contributed by atoms with Gasteiger partial charge >= 0.3 is 5.92 Å². The SMILES string of the molecule is Cc1ccc(C(F)(F)CC(C)(C)N)o1. The maximum Gasteiger partial charge on any atom is 0.306 e. The molecule has 0 saturated carbocycles. The smallest absolute Gasteiger partial charge is 0.306 e. The molecule has 0 unspecified atom stereocenters. The molecule has 0 bridgehead atoms. The predicted molar refractivity (Wildman–Crippen MR) is 50.2 cm³/mol. The van der Waals surface area contributed by atoms with E-state index in [-0.39, 0.29) is 5.76 Å². The van der Waals surface area contributed by atoms with Gasteiger partial charge in [0.05, 0.1) is 0 Å². The molecule has 0 spiro atoms. The van der Waals surface area contributed by atoms with Gasteiger partial charge in [0.25, 0.3) is 0 Å². The molecule has 4 heteroatoms. The van der Waals surface area contributed by atoms with Crippen LogP contribution in [0.15, 0.2) is 16.5 Å². The van der Waals surface area contributed by atoms with Crippen molar-refractivity contribution in [1.29, 1.82) is 0 Å². The van der Waals surface area contributed by atoms with E-state index in [1.165, 1.54) is 12.1 Å². The van der Waals surface area contributed by atoms with Crippen LogP contribution < -0.4 is 5.73 Å². The molecule has 0 aliphatic carbocycles. The largest absolute Gasteiger partial charge is 0.460 e. The average Bonchev–Trinajstić information content (AvgIpc) is 2.29. The van der Waals surface area contributed by atoms with Crippen LogP contribution in [0.1, 0.15) is 31.8 Å². The van der Waals surface area contributed by atoms with Crippen LogP contribution in [0.5, 0.6) is 0 Å². The van der Waals surface area contributed by atoms with Gasteiger partial charge in [-0.05, 0) is 32.9 Å². The van der Waals surface area contributed by atoms with Crippen LogP contribution in [0.3, 0.4) is 0 Å². The van der Waals surface area contributed by atoms with Crippen molar-refractivity contribution < 1.29 is 13.2 Å². The Hall–Kier alpha value is -0.900. The molecule has 1 heterocycles. The van der Waals surface area contributed by atoms with Crippen LogP contribution in [-0.4, -0.2) is 5.54 Å². The van der Waals surface area contributed by atoms with E-state index in [4.69, 9.17) is 10.2 Å². The average molecular weight is 203 g/mol. The minimum Gasteiger partial charge on any atom is -0.460 e. The predicted octanol–water partition coefficient (Wildman–Crippen LogP) is 2.81. The first-order valence-corrected chi connectivity index (χ1v) is 4.44. The molecule has 0 aliphatic heterocycles. The molecule has 0 fully saturated rings. The van der Waals surface area contributed by atoms with Crippen molar-refractivity contribution >= 4 is 0 Å². The second kappa shape index (κ2) is 3.35. The minimum atomic E-state index is -2.99. The Bertz CT molecular complexity index is 312. The standard InChI is InChI=1S/C10H15F2NO/c1-7-4-5-8(14-7)10(11,12)6-9(2,3)13/h4-5H,6,13H2,1-3H3. The zero-order valence-electron chi connectivity index (χ0n) is 8.60. The summed E-state index contributed by atoms with van der Waals surface area (Å²) in [6.45, 7) is 4.76. The summed E-state index contributed by atoms with van der Waals surface area (Å²) in [6.07, 6.45) is -0.424. The number of hydrogen-bond acceptors (Lipinski definition) is 2. The summed E-state index contributed by atoms with van der Waals surface area (Å²) < 4.78 is 31.9. The van der Waals surface area contributed by atoms with Gasteiger partial charge in [-0.2, -0.15) is 8.78 Å². The number of nitrogens with two attached hydrogens (primary N) is 1. The van der Waals surface area contributed by atoms with Crippen LogP contribution in [0.4, 0.5) is 8.78 Å². The maximum atomic E-state index is 13.5. The van der Waals surface area contributed by atoms with E-state index in [0.717, 1.165) is 0 Å². The highest BCUT2D eigenvalue weighted by Gasteiger charge is 2.39. The number of rotatable bonds is 3. The molecule has 0 amide bonds. The summed E-state index contributed by atoms with van der Waals surface area (Å²) in [6, 6.07) is 2.81. The van der Waals surface area contributed by atoms with Crippen molar-refractivity contribution in [3.63, 3.8) is 0 Å². The van der Waals surface area contributed by atoms with Crippen LogP contribution >= 0.6 is 0 Å². The molecule has 1 rings (SSSR count). The van der Waals surface area contributed by atoms with Crippen molar-refractivity contribution in [2.75, 3.05) is 0 Å². The van der Waals surface area contributed by atoms with E-state index < -0.39 is 17.9 Å². The second-order valence-electron chi connectivity index (χ2n) is 4.28. The van der Waals surface area contributed by atoms with Crippen LogP contribution in [0.2, 0.25) is 0 Å². The fourth-order valence-electron chi connectivity index (χ4n) is 1.29. The van der Waals surface area contributed by atoms with Crippen LogP contribution in [-0.2, 0) is 5.92 Å². The van der Waals surface area contributed by atoms with Gasteiger partial charge in [-0.25, -0.2) is 0 Å². The van der Waals surface area contributed by atoms with Crippen molar-refractivity contribution in [2.45, 2.75) is 38.7 Å². The van der Waals surface area contributed by atoms with Gasteiger partial charge in [0.2, 0.25) is 0 Å². The molecule has 0 atom stereocenters. The third kappa shape index (κ3) is 2.80. The Kier molecular flexibility index (Phi) is 2.67. The van der Waals surface area contributed by atoms with Gasteiger partial charge in [-0.15, -0.1) is 0 Å². The van der Waals surface area contributed by atoms with E-state index in [2.05, 4.69) is 0 Å². The topological polar surface area (TPSA) is 39.2 Å². The summed E-state index contributed by atoms with van der Waals surface area (Å²) in [5, 5.41) is 0. The molecule has 0 aliphatic rings. The molecule has 0 radical (unpaired) electrons. The number of hydrogen-bond donors (Lipinski definition) is 1. The second-order valence-corrected chi connectivity index (χ2v) is 4.28. The zero-order chi connectivity index (χ0) is 11.0. The Morgan fingerprint density at radius 2 is 1.93 bits per heavy atom. The van der Waals surface area contributed by atoms with E-state index in [1.54, 1.807) is 20.8 Å². The van der Waals surface area contributed by atoms with Crippen molar-refractivity contribution in [3.8, 4) is 0 Å². The molecule has 1 aromatic rings. The number of alkyl halides is 2. The zero-order valence-corrected chi connectivity index (χ0v) is 8.60. The van der Waals surface area contributed by atoms with Gasteiger partial charge in [-0.1, -0.05) is 0 Å². The number of aryl methyl sites for hydroxylation is 1. The monoisotopic (exact) mass is 203 g/mol. The van der Waals surface area contributed by atoms with Crippen molar-refractivity contribution in [3.05, 3.63) is 23.7 Å². The first-order valence-electron chi connectivity index (χ1n) is 4.44. The lowest BCUT2D eigenvalue weighted by Crippen LogP contribution is -2.37. The maximum absolute atomic E-state index is 13.5. The Morgan fingerprint density at radius 3 is 2.29 bits per heavy atom. The van der Waals surface area contributed by atoms with Gasteiger partial charge in [0.15, 0.2) is 5.76 Å². The van der Waals surface area contributed by atoms with E-state index in [1.807, 2.05) is 0 Å². The van der Waals surface area contributed by atoms with Gasteiger partial charge in [0, 0.05) is 12.0 Å². The molecule has 2 N–H and O–H groups in total. The van der Waals surface area contributed by atoms with Crippen LogP contribution in [0, 0.1) is 6.92 Å². The van der Waals surface area contributed by atoms with Crippen molar-refractivity contribution in [2.24, 2.45) is 5.73 Å². The van der Waals surface area contributed by atoms with E-state index in [9.17, 15) is 8.78 Å². The van der Waals surface area contributed by atoms with E-state index >= 15 is 0 Å². The summed E-state index contributed by atoms with van der Waals surface area (Å²) in [7, 11) is 0. The lowest BCUT2D eigenvalue weighted by molar-refractivity contribution is -0.0493. The molecule has 1 aromatic heterocycles. The molecule has 0 saturated heterocycles. The highest BCUT2D eigenvalue weighted by molar-refractivity contribution is 5.11. The highest BCUT2D eigenvalue weighted by Crippen LogP contribution is 2.36. The fourth-order valence-corrected chi connectivity index (χ4v) is 1.29. The summed E-state index contributed by atoms with van der Waals surface area (Å²) in [4.78, 5) is 0. The molecule has 0 aromatic carbocycles. The van der Waals surface area contributed by atoms with Gasteiger partial charge in [0.1, 0.15) is 5.76 Å². The highest BCUT2D eigenvalue weighted by atomic mass is 19.3. The third-order valence-corrected chi connectivity index (χ3v) is 1.78. The summed E-state index contributed by atoms with van der Waals surface area (Å²) >= 11 is 0. The Balaban J connectivity index is 2.85. The lowest BCUT2D eigenvalue weighted by Gasteiger charge is -2.24. The summed E-state index contributed by atoms with van der Waals surface area (Å²) in [5.41, 5.74) is 4.63. The van der Waals surface area contributed by atoms with E-state index in [0.29, 0.717) is 5.76 Å². The van der Waals surface area contributed by atoms with Gasteiger partial charge < -0.3 is 10.2 Å². The Labute approximate surface area is 82.1 Å². The number of furan rings is 1. The number of halogens is 2. The van der Waals surface area contributed by atoms with Gasteiger partial charge in [-0.3, -0.25) is 0 Å². The first-order chi connectivity index (χ1) is 6.21. The Morgan fingerprint density at radius 1 is 1.36 bits per heavy atom. The molecular weight excluding hydrogens is 188 g/mol. The minimum absolute atomic E-state index is 0.312. The molecule has 2 nitrogen and oxygen atoms in total. The fraction of sp³-hybridized carbons (Fsp3) is 0.600. The molecule has 80 valence electrons. The normalized spacial score (nSPS) is 13.3. The summed E-state index contributed by atoms with van der Waals surface area (Å²) in [5.74, 6) is -2.82. The van der Waals surface area contributed by atoms with Crippen molar-refractivity contribution in [1.82, 2.24) is 0 Å². The van der Waals surface area contributed by atoms with Crippen LogP contribution in [0.25, 0.3) is 0 Å². The quantitative estimate of drug-likeness (QED) is 0.820. The molecule has 14 heavy (non-hydrogen) atoms. The first kappa shape index (κ1) is 11.2. The third-order valence-electron chi connectivity index (χ3n) is 1.78.